The van der Waals surface area contributed by atoms with Gasteiger partial charge in [0.2, 0.25) is 0 Å². The minimum absolute atomic E-state index is 0.0181. The second-order valence-corrected chi connectivity index (χ2v) is 6.48. The SMILES string of the molecule is CN1CCN(C(=O)c2ccnc(C(=O)NC3CCCC3)c2)CC1. The Morgan fingerprint density at radius 1 is 1.17 bits per heavy atom. The summed E-state index contributed by atoms with van der Waals surface area (Å²) in [5.41, 5.74) is 0.873. The van der Waals surface area contributed by atoms with Crippen molar-refractivity contribution in [1.82, 2.24) is 20.1 Å². The van der Waals surface area contributed by atoms with E-state index in [4.69, 9.17) is 0 Å². The molecule has 1 aliphatic heterocycles. The van der Waals surface area contributed by atoms with Gasteiger partial charge in [0.25, 0.3) is 11.8 Å². The van der Waals surface area contributed by atoms with E-state index in [0.29, 0.717) is 11.3 Å². The van der Waals surface area contributed by atoms with Crippen LogP contribution in [0.15, 0.2) is 18.3 Å². The van der Waals surface area contributed by atoms with Crippen molar-refractivity contribution in [2.45, 2.75) is 31.7 Å². The predicted molar refractivity (Wildman–Crippen MR) is 87.4 cm³/mol. The molecule has 6 nitrogen and oxygen atoms in total. The Morgan fingerprint density at radius 3 is 2.57 bits per heavy atom. The number of piperazine rings is 1. The average Bonchev–Trinajstić information content (AvgIpc) is 3.08. The van der Waals surface area contributed by atoms with Crippen LogP contribution in [0.25, 0.3) is 0 Å². The second kappa shape index (κ2) is 7.08. The van der Waals surface area contributed by atoms with Crippen molar-refractivity contribution in [2.24, 2.45) is 0 Å². The molecule has 2 fully saturated rings. The number of likely N-dealkylation sites (N-methyl/N-ethyl adjacent to an activating group) is 1. The monoisotopic (exact) mass is 316 g/mol. The smallest absolute Gasteiger partial charge is 0.270 e. The van der Waals surface area contributed by atoms with Crippen LogP contribution >= 0.6 is 0 Å². The first-order chi connectivity index (χ1) is 11.1. The summed E-state index contributed by atoms with van der Waals surface area (Å²) in [6, 6.07) is 3.55. The summed E-state index contributed by atoms with van der Waals surface area (Å²) < 4.78 is 0. The number of carbonyl (C=O) groups excluding carboxylic acids is 2. The molecule has 1 N–H and O–H groups in total. The van der Waals surface area contributed by atoms with Gasteiger partial charge >= 0.3 is 0 Å². The average molecular weight is 316 g/mol. The molecule has 0 aromatic carbocycles. The minimum atomic E-state index is -0.176. The van der Waals surface area contributed by atoms with Gasteiger partial charge in [-0.2, -0.15) is 0 Å². The normalized spacial score (nSPS) is 19.8. The number of hydrogen-bond donors (Lipinski definition) is 1. The van der Waals surface area contributed by atoms with Crippen LogP contribution in [0.3, 0.4) is 0 Å². The molecule has 0 radical (unpaired) electrons. The summed E-state index contributed by atoms with van der Waals surface area (Å²) in [5, 5.41) is 3.01. The Balaban J connectivity index is 1.66. The van der Waals surface area contributed by atoms with Gasteiger partial charge in [0, 0.05) is 44.0 Å². The fraction of sp³-hybridized carbons (Fsp3) is 0.588. The van der Waals surface area contributed by atoms with Gasteiger partial charge < -0.3 is 15.1 Å². The van der Waals surface area contributed by atoms with Gasteiger partial charge in [0.05, 0.1) is 0 Å². The van der Waals surface area contributed by atoms with Crippen molar-refractivity contribution >= 4 is 11.8 Å². The molecule has 124 valence electrons. The van der Waals surface area contributed by atoms with Crippen LogP contribution in [0.2, 0.25) is 0 Å². The molecule has 0 unspecified atom stereocenters. The van der Waals surface area contributed by atoms with E-state index in [2.05, 4.69) is 22.2 Å². The lowest BCUT2D eigenvalue weighted by molar-refractivity contribution is 0.0664. The van der Waals surface area contributed by atoms with Crippen LogP contribution < -0.4 is 5.32 Å². The Morgan fingerprint density at radius 2 is 1.87 bits per heavy atom. The van der Waals surface area contributed by atoms with Gasteiger partial charge in [0.1, 0.15) is 5.69 Å². The number of carbonyl (C=O) groups is 2. The fourth-order valence-electron chi connectivity index (χ4n) is 3.21. The number of nitrogens with one attached hydrogen (secondary N) is 1. The van der Waals surface area contributed by atoms with Gasteiger partial charge in [-0.15, -0.1) is 0 Å². The molecule has 1 aliphatic carbocycles. The topological polar surface area (TPSA) is 65.5 Å². The third kappa shape index (κ3) is 3.88. The molecule has 2 heterocycles. The van der Waals surface area contributed by atoms with E-state index in [1.165, 1.54) is 12.8 Å². The molecule has 0 bridgehead atoms. The van der Waals surface area contributed by atoms with Gasteiger partial charge in [-0.3, -0.25) is 14.6 Å². The second-order valence-electron chi connectivity index (χ2n) is 6.48. The zero-order chi connectivity index (χ0) is 16.2. The highest BCUT2D eigenvalue weighted by Gasteiger charge is 2.22. The van der Waals surface area contributed by atoms with Crippen molar-refractivity contribution < 1.29 is 9.59 Å². The van der Waals surface area contributed by atoms with Crippen LogP contribution in [0.1, 0.15) is 46.5 Å². The zero-order valence-electron chi connectivity index (χ0n) is 13.6. The first kappa shape index (κ1) is 15.9. The van der Waals surface area contributed by atoms with Crippen molar-refractivity contribution in [3.8, 4) is 0 Å². The Kier molecular flexibility index (Phi) is 4.91. The van der Waals surface area contributed by atoms with E-state index in [9.17, 15) is 9.59 Å². The lowest BCUT2D eigenvalue weighted by Crippen LogP contribution is -2.47. The molecular weight excluding hydrogens is 292 g/mol. The first-order valence-electron chi connectivity index (χ1n) is 8.38. The standard InChI is InChI=1S/C17H24N4O2/c1-20-8-10-21(11-9-20)17(23)13-6-7-18-15(12-13)16(22)19-14-4-2-3-5-14/h6-7,12,14H,2-5,8-11H2,1H3,(H,19,22). The van der Waals surface area contributed by atoms with Crippen LogP contribution in [-0.2, 0) is 0 Å². The van der Waals surface area contributed by atoms with E-state index in [1.807, 2.05) is 4.90 Å². The molecule has 2 amide bonds. The number of pyridine rings is 1. The van der Waals surface area contributed by atoms with Crippen molar-refractivity contribution in [3.63, 3.8) is 0 Å². The highest BCUT2D eigenvalue weighted by atomic mass is 16.2. The Hall–Kier alpha value is -1.95. The van der Waals surface area contributed by atoms with Crippen LogP contribution in [-0.4, -0.2) is 65.9 Å². The molecule has 23 heavy (non-hydrogen) atoms. The number of nitrogens with zero attached hydrogens (tertiary/aromatic N) is 3. The highest BCUT2D eigenvalue weighted by molar-refractivity contribution is 5.98. The Labute approximate surface area is 136 Å². The van der Waals surface area contributed by atoms with E-state index in [-0.39, 0.29) is 17.9 Å². The minimum Gasteiger partial charge on any atom is -0.348 e. The van der Waals surface area contributed by atoms with Crippen molar-refractivity contribution in [1.29, 1.82) is 0 Å². The molecule has 1 saturated carbocycles. The zero-order valence-corrected chi connectivity index (χ0v) is 13.6. The molecule has 2 aliphatic rings. The number of hydrogen-bond acceptors (Lipinski definition) is 4. The maximum Gasteiger partial charge on any atom is 0.270 e. The summed E-state index contributed by atoms with van der Waals surface area (Å²) in [6.07, 6.45) is 5.95. The summed E-state index contributed by atoms with van der Waals surface area (Å²) in [5.74, 6) is -0.194. The summed E-state index contributed by atoms with van der Waals surface area (Å²) in [6.45, 7) is 3.21. The molecule has 3 rings (SSSR count). The first-order valence-corrected chi connectivity index (χ1v) is 8.38. The van der Waals surface area contributed by atoms with Gasteiger partial charge in [0.15, 0.2) is 0 Å². The van der Waals surface area contributed by atoms with Gasteiger partial charge in [-0.05, 0) is 32.0 Å². The quantitative estimate of drug-likeness (QED) is 0.908. The van der Waals surface area contributed by atoms with Crippen LogP contribution in [0, 0.1) is 0 Å². The van der Waals surface area contributed by atoms with E-state index in [1.54, 1.807) is 18.3 Å². The van der Waals surface area contributed by atoms with Crippen molar-refractivity contribution in [3.05, 3.63) is 29.6 Å². The number of amides is 2. The molecular formula is C17H24N4O2. The third-order valence-electron chi connectivity index (χ3n) is 4.72. The third-order valence-corrected chi connectivity index (χ3v) is 4.72. The molecule has 1 aromatic heterocycles. The predicted octanol–water partition coefficient (Wildman–Crippen LogP) is 1.14. The Bertz CT molecular complexity index is 576. The number of aromatic nitrogens is 1. The van der Waals surface area contributed by atoms with Gasteiger partial charge in [-0.25, -0.2) is 0 Å². The highest BCUT2D eigenvalue weighted by Crippen LogP contribution is 2.18. The maximum atomic E-state index is 12.6. The molecule has 0 atom stereocenters. The molecule has 6 heteroatoms. The lowest BCUT2D eigenvalue weighted by atomic mass is 10.1. The van der Waals surface area contributed by atoms with Gasteiger partial charge in [-0.1, -0.05) is 12.8 Å². The summed E-state index contributed by atoms with van der Waals surface area (Å²) >= 11 is 0. The molecule has 1 saturated heterocycles. The largest absolute Gasteiger partial charge is 0.348 e. The summed E-state index contributed by atoms with van der Waals surface area (Å²) in [4.78, 5) is 33.0. The van der Waals surface area contributed by atoms with Crippen LogP contribution in [0.4, 0.5) is 0 Å². The van der Waals surface area contributed by atoms with Crippen molar-refractivity contribution in [2.75, 3.05) is 33.2 Å². The summed E-state index contributed by atoms with van der Waals surface area (Å²) in [7, 11) is 2.06. The van der Waals surface area contributed by atoms with Crippen LogP contribution in [0.5, 0.6) is 0 Å². The lowest BCUT2D eigenvalue weighted by Gasteiger charge is -2.32. The fourth-order valence-corrected chi connectivity index (χ4v) is 3.21. The molecule has 0 spiro atoms. The molecule has 1 aromatic rings. The van der Waals surface area contributed by atoms with E-state index in [0.717, 1.165) is 39.0 Å². The maximum absolute atomic E-state index is 12.6. The van der Waals surface area contributed by atoms with E-state index < -0.39 is 0 Å². The number of rotatable bonds is 3. The van der Waals surface area contributed by atoms with E-state index >= 15 is 0 Å².